The molecular weight excluding hydrogens is 657 g/mol. The number of fused-ring (bicyclic) bond motifs is 1. The number of nitrogens with one attached hydrogen (secondary N) is 2. The van der Waals surface area contributed by atoms with Crippen molar-refractivity contribution in [2.24, 2.45) is 4.99 Å². The zero-order valence-corrected chi connectivity index (χ0v) is 30.5. The van der Waals surface area contributed by atoms with E-state index >= 15 is 0 Å². The Bertz CT molecular complexity index is 2030. The summed E-state index contributed by atoms with van der Waals surface area (Å²) in [6, 6.07) is 14.5. The summed E-state index contributed by atoms with van der Waals surface area (Å²) in [4.78, 5) is 25.7. The van der Waals surface area contributed by atoms with Crippen molar-refractivity contribution in [3.8, 4) is 23.3 Å². The highest BCUT2D eigenvalue weighted by molar-refractivity contribution is 7.48. The highest BCUT2D eigenvalue weighted by Gasteiger charge is 2.36. The lowest BCUT2D eigenvalue weighted by Crippen LogP contribution is -2.26. The molecule has 0 saturated heterocycles. The number of benzene rings is 2. The minimum atomic E-state index is -3.86. The molecule has 2 aromatic heterocycles. The van der Waals surface area contributed by atoms with Gasteiger partial charge in [-0.25, -0.2) is 19.5 Å². The van der Waals surface area contributed by atoms with Gasteiger partial charge in [-0.3, -0.25) is 23.0 Å². The van der Waals surface area contributed by atoms with Crippen molar-refractivity contribution >= 4 is 41.8 Å². The van der Waals surface area contributed by atoms with Crippen molar-refractivity contribution in [1.82, 2.24) is 14.6 Å². The molecule has 0 atom stereocenters. The Labute approximate surface area is 292 Å². The van der Waals surface area contributed by atoms with E-state index in [0.717, 1.165) is 11.3 Å². The van der Waals surface area contributed by atoms with E-state index in [1.54, 1.807) is 84.3 Å². The van der Waals surface area contributed by atoms with E-state index in [9.17, 15) is 9.36 Å². The third-order valence-corrected chi connectivity index (χ3v) is 8.34. The van der Waals surface area contributed by atoms with Gasteiger partial charge >= 0.3 is 7.82 Å². The number of rotatable bonds is 11. The molecule has 2 aromatic carbocycles. The van der Waals surface area contributed by atoms with Crippen LogP contribution in [0.5, 0.6) is 11.5 Å². The first-order chi connectivity index (χ1) is 23.5. The second-order valence-corrected chi connectivity index (χ2v) is 14.6. The lowest BCUT2D eigenvalue weighted by Gasteiger charge is -2.30. The standard InChI is InChI=1S/C36H44N7O6P/c1-9-18-38-32-23-28(17-19-43(32)37)47-31-16-14-26(21-25(31)2)42-34-29-22-27(13-15-30(29)39-24-40-34)41-33(44)12-10-11-20-46-50(45,48-35(3,4)5)49-36(6,7)8/h9,13-19,21-24H,11,20,37H2,1-8H3,(H,41,44)(H,39,40,42)/b18-9+,38-32?. The molecule has 0 aliphatic rings. The summed E-state index contributed by atoms with van der Waals surface area (Å²) in [7, 11) is -3.86. The number of hydrogen-bond donors (Lipinski definition) is 3. The van der Waals surface area contributed by atoms with Crippen molar-refractivity contribution in [3.05, 3.63) is 84.4 Å². The molecule has 2 heterocycles. The number of hydrogen-bond acceptors (Lipinski definition) is 11. The summed E-state index contributed by atoms with van der Waals surface area (Å²) >= 11 is 0. The molecule has 4 rings (SSSR count). The fourth-order valence-corrected chi connectivity index (χ4v) is 6.19. The molecular formula is C36H44N7O6P. The molecule has 0 bridgehead atoms. The molecule has 0 aliphatic carbocycles. The summed E-state index contributed by atoms with van der Waals surface area (Å²) in [5.74, 6) is 12.5. The van der Waals surface area contributed by atoms with E-state index in [4.69, 9.17) is 24.2 Å². The number of amides is 1. The van der Waals surface area contributed by atoms with E-state index in [1.165, 1.54) is 11.0 Å². The first-order valence-corrected chi connectivity index (χ1v) is 17.4. The van der Waals surface area contributed by atoms with Gasteiger partial charge in [-0.1, -0.05) is 12.0 Å². The van der Waals surface area contributed by atoms with E-state index in [1.807, 2.05) is 38.1 Å². The molecule has 0 fully saturated rings. The van der Waals surface area contributed by atoms with Gasteiger partial charge in [0.2, 0.25) is 0 Å². The number of nitrogens with zero attached hydrogens (tertiary/aromatic N) is 4. The molecule has 4 aromatic rings. The molecule has 0 aliphatic heterocycles. The normalized spacial score (nSPS) is 12.5. The van der Waals surface area contributed by atoms with E-state index < -0.39 is 24.9 Å². The second kappa shape index (κ2) is 16.1. The molecule has 264 valence electrons. The molecule has 1 amide bonds. The van der Waals surface area contributed by atoms with Crippen LogP contribution in [-0.4, -0.2) is 38.4 Å². The van der Waals surface area contributed by atoms with Gasteiger partial charge in [0.1, 0.15) is 23.6 Å². The third-order valence-electron chi connectivity index (χ3n) is 6.30. The summed E-state index contributed by atoms with van der Waals surface area (Å²) < 4.78 is 37.4. The fraction of sp³-hybridized carbons (Fsp3) is 0.333. The average Bonchev–Trinajstić information content (AvgIpc) is 3.00. The zero-order chi connectivity index (χ0) is 36.5. The number of carbonyl (C=O) groups excluding carboxylic acids is 1. The van der Waals surface area contributed by atoms with Gasteiger partial charge in [-0.05, 0) is 109 Å². The number of aryl methyl sites for hydroxylation is 1. The predicted octanol–water partition coefficient (Wildman–Crippen LogP) is 7.51. The minimum absolute atomic E-state index is 0.0484. The highest BCUT2D eigenvalue weighted by Crippen LogP contribution is 2.55. The fourth-order valence-electron chi connectivity index (χ4n) is 4.39. The maximum Gasteiger partial charge on any atom is 0.475 e. The maximum atomic E-state index is 13.2. The molecule has 0 spiro atoms. The topological polar surface area (TPSA) is 164 Å². The Hall–Kier alpha value is -4.99. The Morgan fingerprint density at radius 1 is 1.02 bits per heavy atom. The Balaban J connectivity index is 1.41. The van der Waals surface area contributed by atoms with Crippen LogP contribution in [0.25, 0.3) is 10.9 Å². The number of nitrogens with two attached hydrogens (primary N) is 1. The molecule has 0 radical (unpaired) electrons. The third kappa shape index (κ3) is 11.6. The summed E-state index contributed by atoms with van der Waals surface area (Å²) in [6.07, 6.45) is 6.75. The van der Waals surface area contributed by atoms with Gasteiger partial charge < -0.3 is 21.2 Å². The van der Waals surface area contributed by atoms with Crippen LogP contribution >= 0.6 is 7.82 Å². The Morgan fingerprint density at radius 3 is 2.42 bits per heavy atom. The molecule has 14 heteroatoms. The lowest BCUT2D eigenvalue weighted by molar-refractivity contribution is -0.111. The van der Waals surface area contributed by atoms with Gasteiger partial charge in [-0.15, -0.1) is 0 Å². The maximum absolute atomic E-state index is 13.2. The van der Waals surface area contributed by atoms with Crippen LogP contribution in [0, 0.1) is 18.8 Å². The molecule has 0 unspecified atom stereocenters. The summed E-state index contributed by atoms with van der Waals surface area (Å²) in [5.41, 5.74) is 1.89. The number of allylic oxidation sites excluding steroid dienone is 1. The van der Waals surface area contributed by atoms with E-state index in [2.05, 4.69) is 37.4 Å². The van der Waals surface area contributed by atoms with Crippen LogP contribution in [0.1, 0.15) is 60.5 Å². The second-order valence-electron chi connectivity index (χ2n) is 13.1. The number of anilines is 3. The van der Waals surface area contributed by atoms with Crippen molar-refractivity contribution in [2.75, 3.05) is 23.1 Å². The number of pyridine rings is 1. The van der Waals surface area contributed by atoms with Crippen molar-refractivity contribution in [2.45, 2.75) is 73.0 Å². The number of phosphoric acid groups is 1. The lowest BCUT2D eigenvalue weighted by atomic mass is 10.1. The summed E-state index contributed by atoms with van der Waals surface area (Å²) in [5, 5.41) is 6.81. The summed E-state index contributed by atoms with van der Waals surface area (Å²) in [6.45, 7) is 14.3. The Morgan fingerprint density at radius 2 is 1.74 bits per heavy atom. The average molecular weight is 702 g/mol. The first-order valence-electron chi connectivity index (χ1n) is 15.9. The number of carbonyl (C=O) groups is 1. The number of ether oxygens (including phenoxy) is 1. The molecule has 50 heavy (non-hydrogen) atoms. The van der Waals surface area contributed by atoms with Gasteiger partial charge in [-0.2, -0.15) is 0 Å². The van der Waals surface area contributed by atoms with Crippen LogP contribution in [0.3, 0.4) is 0 Å². The zero-order valence-electron chi connectivity index (χ0n) is 29.6. The smallest absolute Gasteiger partial charge is 0.457 e. The van der Waals surface area contributed by atoms with E-state index in [-0.39, 0.29) is 13.0 Å². The number of nitrogen functional groups attached to an aromatic ring is 1. The van der Waals surface area contributed by atoms with Gasteiger partial charge in [0.15, 0.2) is 5.49 Å². The van der Waals surface area contributed by atoms with Crippen molar-refractivity contribution in [1.29, 1.82) is 0 Å². The number of phosphoric ester groups is 1. The number of aromatic nitrogens is 3. The van der Waals surface area contributed by atoms with Crippen LogP contribution in [0.4, 0.5) is 17.2 Å². The molecule has 0 saturated carbocycles. The largest absolute Gasteiger partial charge is 0.475 e. The van der Waals surface area contributed by atoms with Gasteiger partial charge in [0, 0.05) is 41.6 Å². The monoisotopic (exact) mass is 701 g/mol. The molecule has 4 N–H and O–H groups in total. The van der Waals surface area contributed by atoms with Crippen LogP contribution < -0.4 is 26.7 Å². The SMILES string of the molecule is C/C=C/N=c1cc(Oc2ccc(Nc3ncnc4ccc(NC(=O)C#CCCOP(=O)(OC(C)(C)C)OC(C)(C)C)cc34)cc2C)ccn1N. The van der Waals surface area contributed by atoms with Gasteiger partial charge in [0.25, 0.3) is 5.91 Å². The van der Waals surface area contributed by atoms with Gasteiger partial charge in [0.05, 0.1) is 23.3 Å². The Kier molecular flexibility index (Phi) is 12.2. The highest BCUT2D eigenvalue weighted by atomic mass is 31.2. The van der Waals surface area contributed by atoms with Crippen molar-refractivity contribution < 1.29 is 27.7 Å². The molecule has 13 nitrogen and oxygen atoms in total. The predicted molar refractivity (Wildman–Crippen MR) is 195 cm³/mol. The van der Waals surface area contributed by atoms with Crippen LogP contribution in [0.15, 0.2) is 78.3 Å². The first kappa shape index (κ1) is 37.8. The van der Waals surface area contributed by atoms with Crippen molar-refractivity contribution in [3.63, 3.8) is 0 Å². The quantitative estimate of drug-likeness (QED) is 0.0617. The van der Waals surface area contributed by atoms with E-state index in [0.29, 0.717) is 39.4 Å². The van der Waals surface area contributed by atoms with Crippen LogP contribution in [-0.2, 0) is 22.9 Å². The van der Waals surface area contributed by atoms with Crippen LogP contribution in [0.2, 0.25) is 0 Å². The minimum Gasteiger partial charge on any atom is -0.457 e.